The van der Waals surface area contributed by atoms with Gasteiger partial charge in [-0.2, -0.15) is 5.10 Å². The highest BCUT2D eigenvalue weighted by Crippen LogP contribution is 2.25. The van der Waals surface area contributed by atoms with Crippen LogP contribution in [0.25, 0.3) is 22.1 Å². The fraction of sp³-hybridized carbons (Fsp3) is 0.138. The van der Waals surface area contributed by atoms with Gasteiger partial charge < -0.3 is 11.1 Å². The Morgan fingerprint density at radius 1 is 1.05 bits per heavy atom. The number of para-hydroxylation sites is 1. The van der Waals surface area contributed by atoms with Crippen LogP contribution in [0.15, 0.2) is 90.1 Å². The van der Waals surface area contributed by atoms with E-state index in [2.05, 4.69) is 25.6 Å². The fourth-order valence-corrected chi connectivity index (χ4v) is 4.98. The summed E-state index contributed by atoms with van der Waals surface area (Å²) in [5.41, 5.74) is 9.78. The van der Waals surface area contributed by atoms with Crippen LogP contribution in [-0.4, -0.2) is 35.3 Å². The van der Waals surface area contributed by atoms with Crippen molar-refractivity contribution >= 4 is 28.1 Å². The molecule has 2 aromatic carbocycles. The van der Waals surface area contributed by atoms with E-state index >= 15 is 0 Å². The number of nitrogen functional groups attached to an aromatic ring is 1. The number of anilines is 1. The molecule has 4 aromatic heterocycles. The molecule has 0 saturated carbocycles. The van der Waals surface area contributed by atoms with Gasteiger partial charge in [0.2, 0.25) is 0 Å². The Hall–Kier alpha value is -5.25. The second-order valence-electron chi connectivity index (χ2n) is 9.35. The molecule has 0 aliphatic rings. The maximum Gasteiger partial charge on any atom is 0.263 e. The number of fused-ring (bicyclic) bond motifs is 2. The van der Waals surface area contributed by atoms with Gasteiger partial charge in [-0.3, -0.25) is 19.3 Å². The molecular weight excluding hydrogens is 492 g/mol. The molecule has 0 radical (unpaired) electrons. The Kier molecular flexibility index (Phi) is 6.12. The summed E-state index contributed by atoms with van der Waals surface area (Å²) < 4.78 is 3.14. The van der Waals surface area contributed by atoms with Gasteiger partial charge in [0.05, 0.1) is 11.4 Å². The third-order valence-corrected chi connectivity index (χ3v) is 6.84. The van der Waals surface area contributed by atoms with Crippen molar-refractivity contribution in [2.24, 2.45) is 0 Å². The molecule has 1 unspecified atom stereocenters. The number of carbonyl (C=O) groups excluding carboxylic acids is 1. The first kappa shape index (κ1) is 24.1. The van der Waals surface area contributed by atoms with E-state index in [0.717, 1.165) is 23.1 Å². The first-order chi connectivity index (χ1) is 19.0. The summed E-state index contributed by atoms with van der Waals surface area (Å²) >= 11 is 0. The van der Waals surface area contributed by atoms with Gasteiger partial charge >= 0.3 is 0 Å². The van der Waals surface area contributed by atoms with E-state index in [1.165, 1.54) is 4.52 Å². The summed E-state index contributed by atoms with van der Waals surface area (Å²) in [6.07, 6.45) is 6.39. The highest BCUT2D eigenvalue weighted by molar-refractivity contribution is 6.04. The number of nitrogens with one attached hydrogen (secondary N) is 2. The van der Waals surface area contributed by atoms with Crippen molar-refractivity contribution in [3.63, 3.8) is 0 Å². The molecule has 6 aromatic rings. The van der Waals surface area contributed by atoms with Crippen molar-refractivity contribution in [3.05, 3.63) is 118 Å². The average Bonchev–Trinajstić information content (AvgIpc) is 3.59. The number of benzene rings is 2. The Balaban J connectivity index is 1.44. The van der Waals surface area contributed by atoms with Crippen molar-refractivity contribution in [1.29, 1.82) is 0 Å². The summed E-state index contributed by atoms with van der Waals surface area (Å²) in [4.78, 5) is 31.8. The fourth-order valence-electron chi connectivity index (χ4n) is 4.98. The van der Waals surface area contributed by atoms with Gasteiger partial charge in [-0.05, 0) is 61.0 Å². The van der Waals surface area contributed by atoms with Gasteiger partial charge in [0.1, 0.15) is 5.56 Å². The number of pyridine rings is 1. The molecule has 4 heterocycles. The van der Waals surface area contributed by atoms with E-state index in [-0.39, 0.29) is 16.9 Å². The third-order valence-electron chi connectivity index (χ3n) is 6.84. The van der Waals surface area contributed by atoms with E-state index < -0.39 is 11.9 Å². The van der Waals surface area contributed by atoms with Crippen LogP contribution in [-0.2, 0) is 12.8 Å². The van der Waals surface area contributed by atoms with E-state index in [1.807, 2.05) is 67.6 Å². The number of aromatic amines is 1. The number of carbonyl (C=O) groups is 1. The number of rotatable bonds is 7. The zero-order valence-electron chi connectivity index (χ0n) is 21.2. The summed E-state index contributed by atoms with van der Waals surface area (Å²) in [6, 6.07) is 20.4. The third kappa shape index (κ3) is 4.42. The van der Waals surface area contributed by atoms with E-state index in [4.69, 9.17) is 5.73 Å². The molecule has 10 nitrogen and oxygen atoms in total. The largest absolute Gasteiger partial charge is 0.381 e. The molecule has 0 aliphatic carbocycles. The van der Waals surface area contributed by atoms with Gasteiger partial charge in [-0.25, -0.2) is 9.50 Å². The average molecular weight is 519 g/mol. The number of aromatic nitrogens is 6. The van der Waals surface area contributed by atoms with Crippen LogP contribution in [0.5, 0.6) is 0 Å². The Morgan fingerprint density at radius 2 is 1.90 bits per heavy atom. The van der Waals surface area contributed by atoms with Crippen molar-refractivity contribution in [3.8, 4) is 5.69 Å². The lowest BCUT2D eigenvalue weighted by Crippen LogP contribution is -2.32. The molecule has 10 heteroatoms. The van der Waals surface area contributed by atoms with Crippen LogP contribution in [0.2, 0.25) is 0 Å². The molecule has 194 valence electrons. The lowest BCUT2D eigenvalue weighted by Gasteiger charge is -2.21. The SMILES string of the molecule is CC(NC(=O)c1c(N)nn2cccnc12)c1cc2cccc(CCc3ccn[nH]3)c2c(=O)n1-c1ccccc1. The summed E-state index contributed by atoms with van der Waals surface area (Å²) in [5.74, 6) is -0.339. The van der Waals surface area contributed by atoms with Crippen LogP contribution in [0.4, 0.5) is 5.82 Å². The first-order valence-electron chi connectivity index (χ1n) is 12.6. The van der Waals surface area contributed by atoms with Crippen LogP contribution in [0.3, 0.4) is 0 Å². The maximum atomic E-state index is 14.2. The number of amides is 1. The number of hydrogen-bond acceptors (Lipinski definition) is 6. The molecule has 0 fully saturated rings. The van der Waals surface area contributed by atoms with Crippen molar-refractivity contribution in [2.45, 2.75) is 25.8 Å². The molecule has 6 rings (SSSR count). The Bertz CT molecular complexity index is 1860. The van der Waals surface area contributed by atoms with Crippen molar-refractivity contribution in [1.82, 2.24) is 34.7 Å². The van der Waals surface area contributed by atoms with Crippen LogP contribution in [0.1, 0.15) is 40.3 Å². The van der Waals surface area contributed by atoms with Gasteiger partial charge in [0, 0.05) is 35.7 Å². The standard InChI is InChI=1S/C29H26N8O2/c1-18(33-28(38)25-26(30)35-36-16-6-14-31-27(25)36)23-17-20-8-5-7-19(11-12-21-13-15-32-34-21)24(20)29(39)37(23)22-9-3-2-4-10-22/h2-10,13-18H,11-12H2,1H3,(H2,30,35)(H,32,34)(H,33,38). The second-order valence-corrected chi connectivity index (χ2v) is 9.35. The predicted molar refractivity (Wildman–Crippen MR) is 149 cm³/mol. The Morgan fingerprint density at radius 3 is 2.69 bits per heavy atom. The molecule has 4 N–H and O–H groups in total. The molecule has 0 saturated heterocycles. The van der Waals surface area contributed by atoms with Crippen molar-refractivity contribution < 1.29 is 4.79 Å². The minimum Gasteiger partial charge on any atom is -0.381 e. The molecular formula is C29H26N8O2. The van der Waals surface area contributed by atoms with E-state index in [1.54, 1.807) is 29.2 Å². The highest BCUT2D eigenvalue weighted by Gasteiger charge is 2.24. The maximum absolute atomic E-state index is 14.2. The predicted octanol–water partition coefficient (Wildman–Crippen LogP) is 3.61. The van der Waals surface area contributed by atoms with E-state index in [0.29, 0.717) is 28.8 Å². The molecule has 0 bridgehead atoms. The summed E-state index contributed by atoms with van der Waals surface area (Å²) in [6.45, 7) is 1.84. The Labute approximate surface area is 223 Å². The number of aryl methyl sites for hydroxylation is 2. The minimum atomic E-state index is -0.540. The van der Waals surface area contributed by atoms with Crippen LogP contribution in [0, 0.1) is 0 Å². The molecule has 0 aliphatic heterocycles. The lowest BCUT2D eigenvalue weighted by atomic mass is 9.99. The minimum absolute atomic E-state index is 0.0827. The zero-order valence-corrected chi connectivity index (χ0v) is 21.2. The van der Waals surface area contributed by atoms with Gasteiger partial charge in [0.15, 0.2) is 11.5 Å². The number of nitrogens with two attached hydrogens (primary N) is 1. The van der Waals surface area contributed by atoms with Crippen LogP contribution >= 0.6 is 0 Å². The van der Waals surface area contributed by atoms with Gasteiger partial charge in [-0.1, -0.05) is 36.4 Å². The summed E-state index contributed by atoms with van der Waals surface area (Å²) in [7, 11) is 0. The molecule has 1 atom stereocenters. The van der Waals surface area contributed by atoms with Crippen LogP contribution < -0.4 is 16.6 Å². The zero-order chi connectivity index (χ0) is 26.9. The number of nitrogens with zero attached hydrogens (tertiary/aromatic N) is 5. The first-order valence-corrected chi connectivity index (χ1v) is 12.6. The smallest absolute Gasteiger partial charge is 0.263 e. The lowest BCUT2D eigenvalue weighted by molar-refractivity contribution is 0.0941. The normalized spacial score (nSPS) is 12.1. The monoisotopic (exact) mass is 518 g/mol. The van der Waals surface area contributed by atoms with Gasteiger partial charge in [-0.15, -0.1) is 5.10 Å². The number of H-pyrrole nitrogens is 1. The van der Waals surface area contributed by atoms with Crippen molar-refractivity contribution in [2.75, 3.05) is 5.73 Å². The summed E-state index contributed by atoms with van der Waals surface area (Å²) in [5, 5.41) is 15.7. The molecule has 1 amide bonds. The molecule has 39 heavy (non-hydrogen) atoms. The highest BCUT2D eigenvalue weighted by atomic mass is 16.2. The second kappa shape index (κ2) is 9.90. The van der Waals surface area contributed by atoms with Gasteiger partial charge in [0.25, 0.3) is 11.5 Å². The number of hydrogen-bond donors (Lipinski definition) is 3. The van der Waals surface area contributed by atoms with E-state index in [9.17, 15) is 9.59 Å². The quantitative estimate of drug-likeness (QED) is 0.295. The topological polar surface area (TPSA) is 136 Å². The molecule has 0 spiro atoms.